The van der Waals surface area contributed by atoms with E-state index in [4.69, 9.17) is 11.6 Å². The molecule has 0 aliphatic rings. The van der Waals surface area contributed by atoms with E-state index in [1.807, 2.05) is 66.9 Å². The van der Waals surface area contributed by atoms with Gasteiger partial charge in [-0.25, -0.2) is 0 Å². The Morgan fingerprint density at radius 2 is 1.96 bits per heavy atom. The summed E-state index contributed by atoms with van der Waals surface area (Å²) in [4.78, 5) is 12.6. The van der Waals surface area contributed by atoms with Gasteiger partial charge < -0.3 is 0 Å². The topological polar surface area (TPSA) is 47.8 Å². The molecule has 3 aromatic rings. The molecule has 4 nitrogen and oxygen atoms in total. The monoisotopic (exact) mass is 357 g/mol. The molecule has 1 atom stereocenters. The Kier molecular flexibility index (Phi) is 5.02. The first kappa shape index (κ1) is 16.7. The summed E-state index contributed by atoms with van der Waals surface area (Å²) < 4.78 is 1.83. The quantitative estimate of drug-likeness (QED) is 0.495. The molecule has 0 spiro atoms. The fraction of sp³-hybridized carbons (Fsp3) is 0.167. The van der Waals surface area contributed by atoms with Crippen molar-refractivity contribution in [3.05, 3.63) is 71.0 Å². The van der Waals surface area contributed by atoms with Crippen LogP contribution in [0.25, 0.3) is 5.69 Å². The molecule has 0 radical (unpaired) electrons. The lowest BCUT2D eigenvalue weighted by Gasteiger charge is -2.11. The van der Waals surface area contributed by atoms with Crippen molar-refractivity contribution in [1.82, 2.24) is 14.8 Å². The van der Waals surface area contributed by atoms with Crippen molar-refractivity contribution in [2.45, 2.75) is 24.3 Å². The average Bonchev–Trinajstić information content (AvgIpc) is 3.03. The lowest BCUT2D eigenvalue weighted by molar-refractivity contribution is 0.0994. The lowest BCUT2D eigenvalue weighted by atomic mass is 10.1. The number of halogens is 1. The molecule has 0 saturated carbocycles. The molecule has 24 heavy (non-hydrogen) atoms. The second-order valence-electron chi connectivity index (χ2n) is 5.45. The Morgan fingerprint density at radius 1 is 1.21 bits per heavy atom. The van der Waals surface area contributed by atoms with Crippen LogP contribution in [-0.4, -0.2) is 25.8 Å². The summed E-state index contributed by atoms with van der Waals surface area (Å²) in [7, 11) is 0. The van der Waals surface area contributed by atoms with Crippen molar-refractivity contribution in [2.75, 3.05) is 0 Å². The predicted octanol–water partition coefficient (Wildman–Crippen LogP) is 4.59. The molecule has 0 N–H and O–H groups in total. The normalized spacial score (nSPS) is 12.1. The molecule has 0 aliphatic carbocycles. The molecular formula is C18H16ClN3OS. The van der Waals surface area contributed by atoms with Gasteiger partial charge in [0, 0.05) is 10.6 Å². The summed E-state index contributed by atoms with van der Waals surface area (Å²) in [6.45, 7) is 3.88. The van der Waals surface area contributed by atoms with Crippen LogP contribution in [0.15, 0.2) is 60.0 Å². The first-order valence-electron chi connectivity index (χ1n) is 7.48. The first-order valence-corrected chi connectivity index (χ1v) is 8.74. The number of hydrogen-bond acceptors (Lipinski definition) is 4. The van der Waals surface area contributed by atoms with Crippen LogP contribution in [0.1, 0.15) is 22.8 Å². The van der Waals surface area contributed by atoms with E-state index in [1.165, 1.54) is 11.8 Å². The van der Waals surface area contributed by atoms with Gasteiger partial charge in [0.05, 0.1) is 10.9 Å². The fourth-order valence-electron chi connectivity index (χ4n) is 2.27. The van der Waals surface area contributed by atoms with Crippen molar-refractivity contribution in [3.63, 3.8) is 0 Å². The van der Waals surface area contributed by atoms with Crippen LogP contribution in [0, 0.1) is 6.92 Å². The number of ketones is 1. The molecule has 0 aliphatic heterocycles. The van der Waals surface area contributed by atoms with E-state index in [2.05, 4.69) is 10.2 Å². The van der Waals surface area contributed by atoms with Gasteiger partial charge in [-0.2, -0.15) is 0 Å². The third-order valence-corrected chi connectivity index (χ3v) is 4.88. The lowest BCUT2D eigenvalue weighted by Crippen LogP contribution is -2.14. The Morgan fingerprint density at radius 3 is 2.67 bits per heavy atom. The maximum Gasteiger partial charge on any atom is 0.196 e. The zero-order valence-corrected chi connectivity index (χ0v) is 14.9. The summed E-state index contributed by atoms with van der Waals surface area (Å²) in [6, 6.07) is 15.0. The van der Waals surface area contributed by atoms with Crippen molar-refractivity contribution < 1.29 is 4.79 Å². The van der Waals surface area contributed by atoms with Gasteiger partial charge in [0.25, 0.3) is 0 Å². The van der Waals surface area contributed by atoms with Crippen molar-refractivity contribution in [2.24, 2.45) is 0 Å². The van der Waals surface area contributed by atoms with E-state index in [-0.39, 0.29) is 11.0 Å². The number of carbonyl (C=O) groups is 1. The van der Waals surface area contributed by atoms with E-state index in [0.717, 1.165) is 11.3 Å². The van der Waals surface area contributed by atoms with E-state index >= 15 is 0 Å². The van der Waals surface area contributed by atoms with Gasteiger partial charge in [0.1, 0.15) is 6.33 Å². The molecular weight excluding hydrogens is 342 g/mol. The van der Waals surface area contributed by atoms with Gasteiger partial charge in [-0.3, -0.25) is 9.36 Å². The zero-order chi connectivity index (χ0) is 17.1. The van der Waals surface area contributed by atoms with Gasteiger partial charge in [-0.1, -0.05) is 59.3 Å². The van der Waals surface area contributed by atoms with Gasteiger partial charge >= 0.3 is 0 Å². The number of aromatic nitrogens is 3. The summed E-state index contributed by atoms with van der Waals surface area (Å²) >= 11 is 7.43. The maximum absolute atomic E-state index is 12.6. The second-order valence-corrected chi connectivity index (χ2v) is 7.20. The largest absolute Gasteiger partial charge is 0.293 e. The molecule has 0 fully saturated rings. The van der Waals surface area contributed by atoms with Gasteiger partial charge in [0.2, 0.25) is 0 Å². The van der Waals surface area contributed by atoms with Gasteiger partial charge in [0.15, 0.2) is 10.9 Å². The molecule has 1 aromatic heterocycles. The summed E-state index contributed by atoms with van der Waals surface area (Å²) in [5.74, 6) is 0.0700. The van der Waals surface area contributed by atoms with E-state index < -0.39 is 0 Å². The minimum absolute atomic E-state index is 0.0700. The summed E-state index contributed by atoms with van der Waals surface area (Å²) in [5, 5.41) is 9.12. The SMILES string of the molecule is Cc1ccc(C(=O)C(C)Sc2nncn2-c2cccc(Cl)c2)cc1. The second kappa shape index (κ2) is 7.20. The highest BCUT2D eigenvalue weighted by Crippen LogP contribution is 2.27. The number of hydrogen-bond donors (Lipinski definition) is 0. The number of nitrogens with zero attached hydrogens (tertiary/aromatic N) is 3. The number of rotatable bonds is 5. The summed E-state index contributed by atoms with van der Waals surface area (Å²) in [6.07, 6.45) is 1.62. The number of benzene rings is 2. The Labute approximate surface area is 149 Å². The van der Waals surface area contributed by atoms with Crippen LogP contribution in [0.5, 0.6) is 0 Å². The van der Waals surface area contributed by atoms with Crippen LogP contribution in [0.2, 0.25) is 5.02 Å². The minimum Gasteiger partial charge on any atom is -0.293 e. The maximum atomic E-state index is 12.6. The van der Waals surface area contributed by atoms with Crippen molar-refractivity contribution in [3.8, 4) is 5.69 Å². The summed E-state index contributed by atoms with van der Waals surface area (Å²) in [5.41, 5.74) is 2.70. The number of thioether (sulfide) groups is 1. The van der Waals surface area contributed by atoms with Gasteiger partial charge in [-0.15, -0.1) is 10.2 Å². The van der Waals surface area contributed by atoms with Crippen LogP contribution in [0.4, 0.5) is 0 Å². The number of aryl methyl sites for hydroxylation is 1. The third kappa shape index (κ3) is 3.68. The van der Waals surface area contributed by atoms with Gasteiger partial charge in [-0.05, 0) is 32.0 Å². The standard InChI is InChI=1S/C18H16ClN3OS/c1-12-6-8-14(9-7-12)17(23)13(2)24-18-21-20-11-22(18)16-5-3-4-15(19)10-16/h3-11,13H,1-2H3. The van der Waals surface area contributed by atoms with E-state index in [1.54, 1.807) is 6.33 Å². The van der Waals surface area contributed by atoms with Crippen LogP contribution < -0.4 is 0 Å². The predicted molar refractivity (Wildman–Crippen MR) is 97.2 cm³/mol. The highest BCUT2D eigenvalue weighted by atomic mass is 35.5. The Balaban J connectivity index is 1.80. The third-order valence-electron chi connectivity index (χ3n) is 3.59. The van der Waals surface area contributed by atoms with Crippen molar-refractivity contribution in [1.29, 1.82) is 0 Å². The molecule has 0 saturated heterocycles. The molecule has 122 valence electrons. The Bertz CT molecular complexity index is 861. The number of Topliss-reactive ketones (excluding diaryl/α,β-unsaturated/α-hetero) is 1. The molecule has 0 bridgehead atoms. The minimum atomic E-state index is -0.269. The van der Waals surface area contributed by atoms with Crippen LogP contribution in [-0.2, 0) is 0 Å². The smallest absolute Gasteiger partial charge is 0.196 e. The fourth-order valence-corrected chi connectivity index (χ4v) is 3.38. The number of carbonyl (C=O) groups excluding carboxylic acids is 1. The van der Waals surface area contributed by atoms with Crippen LogP contribution >= 0.6 is 23.4 Å². The molecule has 6 heteroatoms. The molecule has 3 rings (SSSR count). The zero-order valence-electron chi connectivity index (χ0n) is 13.3. The van der Waals surface area contributed by atoms with Crippen LogP contribution in [0.3, 0.4) is 0 Å². The first-order chi connectivity index (χ1) is 11.5. The highest BCUT2D eigenvalue weighted by Gasteiger charge is 2.19. The Hall–Kier alpha value is -2.11. The van der Waals surface area contributed by atoms with E-state index in [9.17, 15) is 4.79 Å². The molecule has 1 heterocycles. The van der Waals surface area contributed by atoms with E-state index in [0.29, 0.717) is 15.7 Å². The molecule has 1 unspecified atom stereocenters. The highest BCUT2D eigenvalue weighted by molar-refractivity contribution is 8.00. The molecule has 0 amide bonds. The average molecular weight is 358 g/mol. The van der Waals surface area contributed by atoms with Crippen molar-refractivity contribution >= 4 is 29.1 Å². The molecule has 2 aromatic carbocycles.